The number of benzene rings is 1. The van der Waals surface area contributed by atoms with Gasteiger partial charge in [0, 0.05) is 31.9 Å². The number of aromatic carboxylic acids is 1. The number of pyridine rings is 1. The number of rotatable bonds is 2. The number of halogens is 1. The topological polar surface area (TPSA) is 65.8 Å². The number of carbonyl (C=O) groups is 1. The number of hydrogen-bond donors (Lipinski definition) is 1. The van der Waals surface area contributed by atoms with Crippen molar-refractivity contribution >= 4 is 40.0 Å². The summed E-state index contributed by atoms with van der Waals surface area (Å²) in [5.41, 5.74) is 1.22. The lowest BCUT2D eigenvalue weighted by Gasteiger charge is -2.34. The van der Waals surface area contributed by atoms with E-state index in [1.54, 1.807) is 6.07 Å². The maximum atomic E-state index is 15.1. The van der Waals surface area contributed by atoms with Crippen LogP contribution in [0.15, 0.2) is 28.0 Å². The number of allylic oxidation sites excluding steroid dienone is 1. The Bertz CT molecular complexity index is 1170. The molecular weight excluding hydrogens is 405 g/mol. The van der Waals surface area contributed by atoms with Crippen LogP contribution in [0, 0.1) is 5.82 Å². The third-order valence-corrected chi connectivity index (χ3v) is 8.00. The number of nitrogens with zero attached hydrogens (tertiary/aromatic N) is 3. The summed E-state index contributed by atoms with van der Waals surface area (Å²) in [4.78, 5) is 29.3. The van der Waals surface area contributed by atoms with Crippen molar-refractivity contribution in [2.45, 2.75) is 36.0 Å². The summed E-state index contributed by atoms with van der Waals surface area (Å²) < 4.78 is 16.7. The van der Waals surface area contributed by atoms with E-state index in [-0.39, 0.29) is 15.7 Å². The van der Waals surface area contributed by atoms with E-state index in [2.05, 4.69) is 17.9 Å². The zero-order valence-corrected chi connectivity index (χ0v) is 17.9. The van der Waals surface area contributed by atoms with Crippen molar-refractivity contribution in [2.75, 3.05) is 38.1 Å². The first-order valence-electron chi connectivity index (χ1n) is 10.3. The van der Waals surface area contributed by atoms with Crippen molar-refractivity contribution in [3.05, 3.63) is 39.8 Å². The average Bonchev–Trinajstić information content (AvgIpc) is 3.01. The average molecular weight is 430 g/mol. The van der Waals surface area contributed by atoms with Gasteiger partial charge < -0.3 is 19.5 Å². The molecule has 1 unspecified atom stereocenters. The van der Waals surface area contributed by atoms with Crippen LogP contribution in [0.5, 0.6) is 0 Å². The number of anilines is 1. The van der Waals surface area contributed by atoms with E-state index in [9.17, 15) is 14.7 Å². The van der Waals surface area contributed by atoms with Crippen molar-refractivity contribution in [2.24, 2.45) is 0 Å². The normalized spacial score (nSPS) is 24.0. The Morgan fingerprint density at radius 3 is 2.67 bits per heavy atom. The molecule has 158 valence electrons. The van der Waals surface area contributed by atoms with Gasteiger partial charge in [0.15, 0.2) is 0 Å². The minimum absolute atomic E-state index is 0.128. The van der Waals surface area contributed by atoms with E-state index in [1.165, 1.54) is 17.8 Å². The Hall–Kier alpha value is -2.32. The summed E-state index contributed by atoms with van der Waals surface area (Å²) in [5, 5.41) is 10.4. The fraction of sp³-hybridized carbons (Fsp3) is 0.455. The molecule has 3 aliphatic rings. The molecule has 0 bridgehead atoms. The second-order valence-corrected chi connectivity index (χ2v) is 10.1. The lowest BCUT2D eigenvalue weighted by atomic mass is 9.92. The zero-order valence-electron chi connectivity index (χ0n) is 17.1. The van der Waals surface area contributed by atoms with Crippen molar-refractivity contribution < 1.29 is 14.3 Å². The van der Waals surface area contributed by atoms with Gasteiger partial charge in [0.1, 0.15) is 11.4 Å². The number of piperazine rings is 1. The monoisotopic (exact) mass is 429 g/mol. The highest BCUT2D eigenvalue weighted by Crippen LogP contribution is 2.54. The number of likely N-dealkylation sites (N-methyl/N-ethyl adjacent to an activating group) is 1. The van der Waals surface area contributed by atoms with Gasteiger partial charge in [-0.1, -0.05) is 17.8 Å². The Labute approximate surface area is 178 Å². The minimum Gasteiger partial charge on any atom is -0.477 e. The Morgan fingerprint density at radius 1 is 1.23 bits per heavy atom. The zero-order chi connectivity index (χ0) is 21.2. The lowest BCUT2D eigenvalue weighted by Crippen LogP contribution is -2.44. The quantitative estimate of drug-likeness (QED) is 0.789. The molecule has 0 spiro atoms. The van der Waals surface area contributed by atoms with Gasteiger partial charge in [-0.15, -0.1) is 0 Å². The molecule has 1 fully saturated rings. The highest BCUT2D eigenvalue weighted by Gasteiger charge is 2.43. The van der Waals surface area contributed by atoms with Crippen molar-refractivity contribution in [1.29, 1.82) is 0 Å². The van der Waals surface area contributed by atoms with Crippen LogP contribution in [0.1, 0.15) is 36.5 Å². The van der Waals surface area contributed by atoms with E-state index >= 15 is 4.39 Å². The van der Waals surface area contributed by atoms with Crippen LogP contribution in [-0.2, 0) is 0 Å². The maximum Gasteiger partial charge on any atom is 0.342 e. The van der Waals surface area contributed by atoms with Crippen LogP contribution >= 0.6 is 11.8 Å². The molecule has 2 aliphatic heterocycles. The van der Waals surface area contributed by atoms with E-state index in [4.69, 9.17) is 0 Å². The van der Waals surface area contributed by atoms with E-state index in [1.807, 2.05) is 16.5 Å². The molecule has 6 nitrogen and oxygen atoms in total. The fourth-order valence-electron chi connectivity index (χ4n) is 4.85. The Kier molecular flexibility index (Phi) is 4.48. The van der Waals surface area contributed by atoms with E-state index < -0.39 is 17.2 Å². The van der Waals surface area contributed by atoms with Gasteiger partial charge in [0.25, 0.3) is 0 Å². The molecule has 1 aliphatic carbocycles. The summed E-state index contributed by atoms with van der Waals surface area (Å²) in [6, 6.07) is 2.98. The van der Waals surface area contributed by atoms with Gasteiger partial charge in [-0.3, -0.25) is 4.79 Å². The number of carboxylic acids is 1. The Morgan fingerprint density at radius 2 is 1.97 bits per heavy atom. The van der Waals surface area contributed by atoms with Crippen molar-refractivity contribution in [3.8, 4) is 0 Å². The van der Waals surface area contributed by atoms with Gasteiger partial charge in [-0.05, 0) is 45.4 Å². The molecule has 0 saturated carbocycles. The number of carboxylic acid groups (broad SMARTS) is 1. The minimum atomic E-state index is -1.26. The predicted molar refractivity (Wildman–Crippen MR) is 117 cm³/mol. The first-order valence-corrected chi connectivity index (χ1v) is 11.1. The van der Waals surface area contributed by atoms with Crippen LogP contribution in [0.3, 0.4) is 0 Å². The van der Waals surface area contributed by atoms with E-state index in [0.29, 0.717) is 29.3 Å². The van der Waals surface area contributed by atoms with Crippen molar-refractivity contribution in [3.63, 3.8) is 0 Å². The number of aromatic nitrogens is 1. The molecule has 1 aromatic heterocycles. The maximum absolute atomic E-state index is 15.1. The molecule has 8 heteroatoms. The van der Waals surface area contributed by atoms with Gasteiger partial charge in [-0.2, -0.15) is 0 Å². The van der Waals surface area contributed by atoms with Crippen LogP contribution in [0.2, 0.25) is 0 Å². The molecule has 3 heterocycles. The second-order valence-electron chi connectivity index (χ2n) is 8.58. The smallest absolute Gasteiger partial charge is 0.342 e. The third kappa shape index (κ3) is 2.80. The van der Waals surface area contributed by atoms with Crippen LogP contribution in [0.4, 0.5) is 10.1 Å². The Balaban J connectivity index is 1.80. The summed E-state index contributed by atoms with van der Waals surface area (Å²) in [5.74, 6) is -1.74. The summed E-state index contributed by atoms with van der Waals surface area (Å²) in [6.45, 7) is 5.19. The molecule has 30 heavy (non-hydrogen) atoms. The number of fused-ring (bicyclic) bond motifs is 5. The highest BCUT2D eigenvalue weighted by atomic mass is 32.2. The molecule has 1 N–H and O–H groups in total. The molecule has 1 aromatic carbocycles. The van der Waals surface area contributed by atoms with Gasteiger partial charge in [0.05, 0.1) is 26.4 Å². The molecule has 1 atom stereocenters. The SMILES string of the molecule is CN1CCN(c2cc3c(cc2F)c(=O)c(C(=O)O)c2n3C3=CCCCC3(C)S2)CC1. The van der Waals surface area contributed by atoms with Crippen LogP contribution in [0.25, 0.3) is 16.6 Å². The number of thioether (sulfide) groups is 1. The first-order chi connectivity index (χ1) is 14.3. The fourth-order valence-corrected chi connectivity index (χ4v) is 6.37. The first kappa shape index (κ1) is 19.6. The summed E-state index contributed by atoms with van der Waals surface area (Å²) >= 11 is 1.45. The van der Waals surface area contributed by atoms with Gasteiger partial charge >= 0.3 is 5.97 Å². The second kappa shape index (κ2) is 6.85. The van der Waals surface area contributed by atoms with Crippen molar-refractivity contribution in [1.82, 2.24) is 9.47 Å². The molecule has 5 rings (SSSR count). The largest absolute Gasteiger partial charge is 0.477 e. The van der Waals surface area contributed by atoms with Gasteiger partial charge in [-0.25, -0.2) is 9.18 Å². The highest BCUT2D eigenvalue weighted by molar-refractivity contribution is 8.01. The van der Waals surface area contributed by atoms with Crippen LogP contribution < -0.4 is 10.3 Å². The third-order valence-electron chi connectivity index (χ3n) is 6.55. The molecular formula is C22H24FN3O3S. The summed E-state index contributed by atoms with van der Waals surface area (Å²) in [6.07, 6.45) is 4.98. The number of hydrogen-bond acceptors (Lipinski definition) is 5. The van der Waals surface area contributed by atoms with Crippen LogP contribution in [-0.4, -0.2) is 58.5 Å². The molecule has 1 saturated heterocycles. The molecule has 0 radical (unpaired) electrons. The van der Waals surface area contributed by atoms with E-state index in [0.717, 1.165) is 38.0 Å². The standard InChI is InChI=1S/C22H24FN3O3S/c1-22-6-4-3-5-17(22)26-15-12-16(25-9-7-24(2)8-10-25)14(23)11-13(15)19(27)18(21(28)29)20(26)30-22/h5,11-12H,3-4,6-10H2,1-2H3,(H,28,29). The summed E-state index contributed by atoms with van der Waals surface area (Å²) in [7, 11) is 2.04. The molecule has 0 amide bonds. The predicted octanol–water partition coefficient (Wildman–Crippen LogP) is 3.48. The lowest BCUT2D eigenvalue weighted by molar-refractivity contribution is 0.0690. The van der Waals surface area contributed by atoms with Gasteiger partial charge in [0.2, 0.25) is 5.43 Å². The molecule has 2 aromatic rings.